The molecule has 0 saturated heterocycles. The number of hydrogen-bond donors (Lipinski definition) is 2. The lowest BCUT2D eigenvalue weighted by atomic mass is 10.2. The largest absolute Gasteiger partial charge is 0.473 e. The first-order valence-corrected chi connectivity index (χ1v) is 7.18. The van der Waals surface area contributed by atoms with E-state index in [4.69, 9.17) is 19.8 Å². The predicted molar refractivity (Wildman–Crippen MR) is 85.9 cm³/mol. The van der Waals surface area contributed by atoms with E-state index in [1.54, 1.807) is 12.3 Å². The van der Waals surface area contributed by atoms with E-state index in [2.05, 4.69) is 9.88 Å². The van der Waals surface area contributed by atoms with Gasteiger partial charge in [0.05, 0.1) is 0 Å². The SMILES string of the molecule is CN(CCc1ccccn1)Cc1ccccc1F.O=C(O)C(=O)O. The minimum atomic E-state index is -1.82. The monoisotopic (exact) mass is 334 g/mol. The third-order valence-electron chi connectivity index (χ3n) is 3.06. The summed E-state index contributed by atoms with van der Waals surface area (Å²) in [5.41, 5.74) is 1.80. The number of likely N-dealkylation sites (N-methyl/N-ethyl adjacent to an activating group) is 1. The molecule has 0 spiro atoms. The number of carboxylic acids is 2. The number of nitrogens with zero attached hydrogens (tertiary/aromatic N) is 2. The number of rotatable bonds is 5. The van der Waals surface area contributed by atoms with Crippen LogP contribution in [0.1, 0.15) is 11.3 Å². The molecule has 0 radical (unpaired) electrons. The Bertz CT molecular complexity index is 653. The minimum absolute atomic E-state index is 0.137. The van der Waals surface area contributed by atoms with E-state index < -0.39 is 11.9 Å². The Balaban J connectivity index is 0.000000413. The van der Waals surface area contributed by atoms with Crippen molar-refractivity contribution in [3.8, 4) is 0 Å². The molecule has 7 heteroatoms. The van der Waals surface area contributed by atoms with Crippen LogP contribution >= 0.6 is 0 Å². The first kappa shape index (κ1) is 19.2. The van der Waals surface area contributed by atoms with Crippen LogP contribution in [0.5, 0.6) is 0 Å². The second-order valence-electron chi connectivity index (χ2n) is 5.01. The Morgan fingerprint density at radius 2 is 1.71 bits per heavy atom. The number of carbonyl (C=O) groups is 2. The van der Waals surface area contributed by atoms with Gasteiger partial charge in [0.2, 0.25) is 0 Å². The Kier molecular flexibility index (Phi) is 8.07. The first-order valence-electron chi connectivity index (χ1n) is 7.18. The summed E-state index contributed by atoms with van der Waals surface area (Å²) in [6.45, 7) is 1.49. The van der Waals surface area contributed by atoms with E-state index in [9.17, 15) is 4.39 Å². The molecule has 0 saturated carbocycles. The van der Waals surface area contributed by atoms with Crippen molar-refractivity contribution in [2.75, 3.05) is 13.6 Å². The third-order valence-corrected chi connectivity index (χ3v) is 3.06. The maximum absolute atomic E-state index is 13.5. The van der Waals surface area contributed by atoms with Gasteiger partial charge in [0.25, 0.3) is 0 Å². The van der Waals surface area contributed by atoms with E-state index in [-0.39, 0.29) is 5.82 Å². The Morgan fingerprint density at radius 1 is 1.08 bits per heavy atom. The number of carboxylic acid groups (broad SMARTS) is 2. The van der Waals surface area contributed by atoms with Gasteiger partial charge in [0, 0.05) is 37.0 Å². The lowest BCUT2D eigenvalue weighted by molar-refractivity contribution is -0.159. The average Bonchev–Trinajstić information content (AvgIpc) is 2.56. The zero-order valence-corrected chi connectivity index (χ0v) is 13.2. The highest BCUT2D eigenvalue weighted by molar-refractivity contribution is 6.27. The summed E-state index contributed by atoms with van der Waals surface area (Å²) < 4.78 is 13.5. The van der Waals surface area contributed by atoms with Crippen molar-refractivity contribution in [2.45, 2.75) is 13.0 Å². The molecule has 0 aliphatic rings. The van der Waals surface area contributed by atoms with Gasteiger partial charge in [-0.05, 0) is 25.2 Å². The quantitative estimate of drug-likeness (QED) is 0.813. The molecular formula is C17H19FN2O4. The zero-order valence-electron chi connectivity index (χ0n) is 13.2. The molecule has 2 rings (SSSR count). The van der Waals surface area contributed by atoms with Gasteiger partial charge in [0.15, 0.2) is 0 Å². The molecule has 2 N–H and O–H groups in total. The van der Waals surface area contributed by atoms with Crippen LogP contribution in [0.15, 0.2) is 48.7 Å². The number of benzene rings is 1. The molecular weight excluding hydrogens is 315 g/mol. The van der Waals surface area contributed by atoms with Crippen molar-refractivity contribution >= 4 is 11.9 Å². The maximum atomic E-state index is 13.5. The van der Waals surface area contributed by atoms with Gasteiger partial charge in [-0.25, -0.2) is 14.0 Å². The number of aliphatic carboxylic acids is 2. The van der Waals surface area contributed by atoms with Crippen LogP contribution in [-0.2, 0) is 22.6 Å². The fraction of sp³-hybridized carbons (Fsp3) is 0.235. The highest BCUT2D eigenvalue weighted by Gasteiger charge is 2.05. The van der Waals surface area contributed by atoms with Crippen LogP contribution in [0.2, 0.25) is 0 Å². The molecule has 1 aromatic heterocycles. The summed E-state index contributed by atoms with van der Waals surface area (Å²) in [7, 11) is 2.00. The minimum Gasteiger partial charge on any atom is -0.473 e. The molecule has 1 aromatic carbocycles. The first-order chi connectivity index (χ1) is 11.4. The second-order valence-corrected chi connectivity index (χ2v) is 5.01. The molecule has 0 atom stereocenters. The fourth-order valence-electron chi connectivity index (χ4n) is 1.85. The van der Waals surface area contributed by atoms with Crippen molar-refractivity contribution in [1.82, 2.24) is 9.88 Å². The number of aromatic nitrogens is 1. The lowest BCUT2D eigenvalue weighted by Crippen LogP contribution is -2.21. The smallest absolute Gasteiger partial charge is 0.414 e. The van der Waals surface area contributed by atoms with Gasteiger partial charge >= 0.3 is 11.9 Å². The van der Waals surface area contributed by atoms with Crippen LogP contribution in [0.25, 0.3) is 0 Å². The molecule has 0 unspecified atom stereocenters. The summed E-state index contributed by atoms with van der Waals surface area (Å²) in [6, 6.07) is 12.8. The van der Waals surface area contributed by atoms with Gasteiger partial charge in [-0.2, -0.15) is 0 Å². The summed E-state index contributed by atoms with van der Waals surface area (Å²) >= 11 is 0. The standard InChI is InChI=1S/C15H17FN2.C2H2O4/c1-18(11-9-14-7-4-5-10-17-14)12-13-6-2-3-8-15(13)16;3-1(4)2(5)6/h2-8,10H,9,11-12H2,1H3;(H,3,4)(H,5,6). The molecule has 0 aliphatic carbocycles. The molecule has 2 aromatic rings. The topological polar surface area (TPSA) is 90.7 Å². The van der Waals surface area contributed by atoms with Crippen molar-refractivity contribution in [2.24, 2.45) is 0 Å². The Hall–Kier alpha value is -2.80. The summed E-state index contributed by atoms with van der Waals surface area (Å²) in [5, 5.41) is 14.8. The van der Waals surface area contributed by atoms with E-state index >= 15 is 0 Å². The van der Waals surface area contributed by atoms with Gasteiger partial charge in [-0.15, -0.1) is 0 Å². The summed E-state index contributed by atoms with van der Waals surface area (Å²) in [5.74, 6) is -3.79. The zero-order chi connectivity index (χ0) is 17.9. The van der Waals surface area contributed by atoms with E-state index in [0.29, 0.717) is 6.54 Å². The van der Waals surface area contributed by atoms with Crippen molar-refractivity contribution in [1.29, 1.82) is 0 Å². The number of pyridine rings is 1. The van der Waals surface area contributed by atoms with E-state index in [1.807, 2.05) is 37.4 Å². The molecule has 0 amide bonds. The molecule has 0 fully saturated rings. The average molecular weight is 334 g/mol. The van der Waals surface area contributed by atoms with Crippen LogP contribution in [-0.4, -0.2) is 45.6 Å². The molecule has 0 bridgehead atoms. The van der Waals surface area contributed by atoms with Gasteiger partial charge < -0.3 is 15.1 Å². The Labute approximate surface area is 139 Å². The predicted octanol–water partition coefficient (Wildman–Crippen LogP) is 2.05. The third kappa shape index (κ3) is 7.46. The van der Waals surface area contributed by atoms with E-state index in [1.165, 1.54) is 6.07 Å². The van der Waals surface area contributed by atoms with Crippen LogP contribution < -0.4 is 0 Å². The van der Waals surface area contributed by atoms with Crippen molar-refractivity contribution in [3.63, 3.8) is 0 Å². The van der Waals surface area contributed by atoms with Gasteiger partial charge in [-0.3, -0.25) is 4.98 Å². The maximum Gasteiger partial charge on any atom is 0.414 e. The van der Waals surface area contributed by atoms with Crippen molar-refractivity contribution < 1.29 is 24.2 Å². The molecule has 24 heavy (non-hydrogen) atoms. The van der Waals surface area contributed by atoms with Gasteiger partial charge in [0.1, 0.15) is 5.82 Å². The summed E-state index contributed by atoms with van der Waals surface area (Å²) in [4.78, 5) is 24.6. The molecule has 6 nitrogen and oxygen atoms in total. The summed E-state index contributed by atoms with van der Waals surface area (Å²) in [6.07, 6.45) is 2.68. The van der Waals surface area contributed by atoms with Crippen LogP contribution in [0.4, 0.5) is 4.39 Å². The van der Waals surface area contributed by atoms with Crippen LogP contribution in [0.3, 0.4) is 0 Å². The van der Waals surface area contributed by atoms with Crippen LogP contribution in [0, 0.1) is 5.82 Å². The molecule has 1 heterocycles. The number of hydrogen-bond acceptors (Lipinski definition) is 4. The highest BCUT2D eigenvalue weighted by Crippen LogP contribution is 2.09. The normalized spacial score (nSPS) is 9.96. The number of halogens is 1. The fourth-order valence-corrected chi connectivity index (χ4v) is 1.85. The second kappa shape index (κ2) is 10.1. The van der Waals surface area contributed by atoms with E-state index in [0.717, 1.165) is 24.2 Å². The lowest BCUT2D eigenvalue weighted by Gasteiger charge is -2.16. The Morgan fingerprint density at radius 3 is 2.25 bits per heavy atom. The molecule has 128 valence electrons. The van der Waals surface area contributed by atoms with Gasteiger partial charge in [-0.1, -0.05) is 24.3 Å². The van der Waals surface area contributed by atoms with Crippen molar-refractivity contribution in [3.05, 3.63) is 65.7 Å². The highest BCUT2D eigenvalue weighted by atomic mass is 19.1. The molecule has 0 aliphatic heterocycles.